The lowest BCUT2D eigenvalue weighted by atomic mass is 10.1. The molecule has 4 rings (SSSR count). The van der Waals surface area contributed by atoms with Crippen LogP contribution in [-0.4, -0.2) is 77.0 Å². The Morgan fingerprint density at radius 1 is 1.16 bits per heavy atom. The fourth-order valence-corrected chi connectivity index (χ4v) is 4.37. The molecule has 1 aliphatic rings. The van der Waals surface area contributed by atoms with Crippen LogP contribution in [0.25, 0.3) is 11.1 Å². The quantitative estimate of drug-likeness (QED) is 0.311. The van der Waals surface area contributed by atoms with Crippen LogP contribution in [0.5, 0.6) is 11.5 Å². The van der Waals surface area contributed by atoms with E-state index >= 15 is 0 Å². The molecular weight excluding hydrogens is 486 g/mol. The first-order valence-corrected chi connectivity index (χ1v) is 12.9. The predicted molar refractivity (Wildman–Crippen MR) is 144 cm³/mol. The molecule has 0 atom stereocenters. The third kappa shape index (κ3) is 7.25. The third-order valence-corrected chi connectivity index (χ3v) is 6.46. The number of H-pyrrole nitrogens is 1. The molecule has 3 aromatic rings. The van der Waals surface area contributed by atoms with Crippen LogP contribution in [0.4, 0.5) is 10.5 Å². The van der Waals surface area contributed by atoms with E-state index in [0.717, 1.165) is 42.6 Å². The van der Waals surface area contributed by atoms with Crippen LogP contribution in [0, 0.1) is 0 Å². The number of aromatic nitrogens is 2. The standard InChI is InChI=1S/C28H35N5O5/c1-37-24-7-4-6-21(16-24)20-33(13-10-27(35)32-11-2-3-12-32)28(36)31-25-9-8-22(23-18-29-30-19-23)17-26(25)38-15-5-14-34/h4,6-9,16-19,34H,2-3,5,10-15,20H2,1H3,(H,29,30)(H,31,36). The van der Waals surface area contributed by atoms with Crippen molar-refractivity contribution in [2.45, 2.75) is 32.2 Å². The molecular formula is C28H35N5O5. The molecule has 10 nitrogen and oxygen atoms in total. The van der Waals surface area contributed by atoms with Crippen LogP contribution >= 0.6 is 0 Å². The van der Waals surface area contributed by atoms with Crippen molar-refractivity contribution < 1.29 is 24.2 Å². The van der Waals surface area contributed by atoms with Crippen LogP contribution in [0.15, 0.2) is 54.9 Å². The molecule has 10 heteroatoms. The summed E-state index contributed by atoms with van der Waals surface area (Å²) in [5, 5.41) is 19.0. The first-order valence-electron chi connectivity index (χ1n) is 12.9. The second kappa shape index (κ2) is 13.5. The number of urea groups is 1. The van der Waals surface area contributed by atoms with Gasteiger partial charge in [0.2, 0.25) is 5.91 Å². The molecule has 0 bridgehead atoms. The van der Waals surface area contributed by atoms with Crippen molar-refractivity contribution in [1.29, 1.82) is 0 Å². The van der Waals surface area contributed by atoms with Gasteiger partial charge in [0, 0.05) is 57.4 Å². The number of benzene rings is 2. The lowest BCUT2D eigenvalue weighted by Crippen LogP contribution is -2.38. The van der Waals surface area contributed by atoms with Crippen molar-refractivity contribution in [2.75, 3.05) is 45.3 Å². The largest absolute Gasteiger partial charge is 0.497 e. The van der Waals surface area contributed by atoms with Crippen molar-refractivity contribution >= 4 is 17.6 Å². The number of aliphatic hydroxyl groups is 1. The van der Waals surface area contributed by atoms with E-state index in [-0.39, 0.29) is 31.5 Å². The molecule has 3 amide bonds. The number of hydrogen-bond acceptors (Lipinski definition) is 6. The van der Waals surface area contributed by atoms with Crippen molar-refractivity contribution in [3.8, 4) is 22.6 Å². The SMILES string of the molecule is COc1cccc(CN(CCC(=O)N2CCCC2)C(=O)Nc2ccc(-c3cn[nH]c3)cc2OCCCO)c1. The van der Waals surface area contributed by atoms with Gasteiger partial charge < -0.3 is 29.7 Å². The highest BCUT2D eigenvalue weighted by Crippen LogP contribution is 2.31. The average molecular weight is 522 g/mol. The Hall–Kier alpha value is -4.05. The van der Waals surface area contributed by atoms with E-state index in [1.807, 2.05) is 41.3 Å². The first kappa shape index (κ1) is 27.0. The molecule has 0 unspecified atom stereocenters. The summed E-state index contributed by atoms with van der Waals surface area (Å²) in [6.07, 6.45) is 6.23. The van der Waals surface area contributed by atoms with Crippen LogP contribution < -0.4 is 14.8 Å². The normalized spacial score (nSPS) is 12.8. The van der Waals surface area contributed by atoms with Gasteiger partial charge in [0.25, 0.3) is 0 Å². The smallest absolute Gasteiger partial charge is 0.322 e. The van der Waals surface area contributed by atoms with Crippen LogP contribution in [-0.2, 0) is 11.3 Å². The summed E-state index contributed by atoms with van der Waals surface area (Å²) in [6.45, 7) is 2.43. The van der Waals surface area contributed by atoms with Gasteiger partial charge in [-0.3, -0.25) is 9.89 Å². The summed E-state index contributed by atoms with van der Waals surface area (Å²) < 4.78 is 11.3. The molecule has 1 fully saturated rings. The molecule has 2 heterocycles. The number of carbonyl (C=O) groups excluding carboxylic acids is 2. The third-order valence-electron chi connectivity index (χ3n) is 6.46. The van der Waals surface area contributed by atoms with E-state index in [4.69, 9.17) is 9.47 Å². The molecule has 3 N–H and O–H groups in total. The Balaban J connectivity index is 1.53. The summed E-state index contributed by atoms with van der Waals surface area (Å²) in [6, 6.07) is 12.7. The number of amides is 3. The Morgan fingerprint density at radius 2 is 2.00 bits per heavy atom. The number of hydrogen-bond donors (Lipinski definition) is 3. The number of anilines is 1. The molecule has 0 aliphatic carbocycles. The maximum Gasteiger partial charge on any atom is 0.322 e. The number of aromatic amines is 1. The number of aliphatic hydroxyl groups excluding tert-OH is 1. The maximum atomic E-state index is 13.5. The van der Waals surface area contributed by atoms with E-state index in [1.165, 1.54) is 0 Å². The van der Waals surface area contributed by atoms with Gasteiger partial charge in [0.1, 0.15) is 11.5 Å². The second-order valence-electron chi connectivity index (χ2n) is 9.16. The average Bonchev–Trinajstić information content (AvgIpc) is 3.67. The van der Waals surface area contributed by atoms with Crippen LogP contribution in [0.3, 0.4) is 0 Å². The number of carbonyl (C=O) groups is 2. The van der Waals surface area contributed by atoms with Gasteiger partial charge >= 0.3 is 6.03 Å². The highest BCUT2D eigenvalue weighted by atomic mass is 16.5. The fourth-order valence-electron chi connectivity index (χ4n) is 4.37. The molecule has 1 aromatic heterocycles. The van der Waals surface area contributed by atoms with Crippen molar-refractivity contribution in [1.82, 2.24) is 20.0 Å². The number of rotatable bonds is 12. The molecule has 1 saturated heterocycles. The zero-order valence-corrected chi connectivity index (χ0v) is 21.7. The minimum Gasteiger partial charge on any atom is -0.497 e. The number of ether oxygens (including phenoxy) is 2. The van der Waals surface area contributed by atoms with E-state index in [0.29, 0.717) is 36.8 Å². The molecule has 0 saturated carbocycles. The highest BCUT2D eigenvalue weighted by Gasteiger charge is 2.22. The van der Waals surface area contributed by atoms with Gasteiger partial charge in [-0.15, -0.1) is 0 Å². The molecule has 0 radical (unpaired) electrons. The zero-order chi connectivity index (χ0) is 26.7. The molecule has 202 valence electrons. The summed E-state index contributed by atoms with van der Waals surface area (Å²) in [7, 11) is 1.60. The molecule has 1 aliphatic heterocycles. The van der Waals surface area contributed by atoms with E-state index in [1.54, 1.807) is 30.5 Å². The Kier molecular flexibility index (Phi) is 9.58. The van der Waals surface area contributed by atoms with Crippen molar-refractivity contribution in [3.05, 3.63) is 60.4 Å². The van der Waals surface area contributed by atoms with Gasteiger partial charge in [-0.25, -0.2) is 4.79 Å². The van der Waals surface area contributed by atoms with Crippen molar-refractivity contribution in [3.63, 3.8) is 0 Å². The van der Waals surface area contributed by atoms with E-state index in [9.17, 15) is 14.7 Å². The Morgan fingerprint density at radius 3 is 2.74 bits per heavy atom. The number of nitrogens with zero attached hydrogens (tertiary/aromatic N) is 3. The summed E-state index contributed by atoms with van der Waals surface area (Å²) in [5.41, 5.74) is 3.15. The Bertz CT molecular complexity index is 1190. The minimum absolute atomic E-state index is 0.00246. The fraction of sp³-hybridized carbons (Fsp3) is 0.393. The lowest BCUT2D eigenvalue weighted by Gasteiger charge is -2.25. The van der Waals surface area contributed by atoms with Gasteiger partial charge in [0.15, 0.2) is 0 Å². The van der Waals surface area contributed by atoms with Gasteiger partial charge in [-0.2, -0.15) is 5.10 Å². The number of methoxy groups -OCH3 is 1. The van der Waals surface area contributed by atoms with Crippen LogP contribution in [0.2, 0.25) is 0 Å². The lowest BCUT2D eigenvalue weighted by molar-refractivity contribution is -0.130. The predicted octanol–water partition coefficient (Wildman–Crippen LogP) is 3.89. The minimum atomic E-state index is -0.342. The summed E-state index contributed by atoms with van der Waals surface area (Å²) >= 11 is 0. The molecule has 2 aromatic carbocycles. The zero-order valence-electron chi connectivity index (χ0n) is 21.7. The van der Waals surface area contributed by atoms with Gasteiger partial charge in [-0.05, 0) is 48.2 Å². The van der Waals surface area contributed by atoms with E-state index in [2.05, 4.69) is 15.5 Å². The van der Waals surface area contributed by atoms with Crippen LogP contribution in [0.1, 0.15) is 31.2 Å². The topological polar surface area (TPSA) is 120 Å². The second-order valence-corrected chi connectivity index (χ2v) is 9.16. The number of nitrogens with one attached hydrogen (secondary N) is 2. The van der Waals surface area contributed by atoms with Gasteiger partial charge in [0.05, 0.1) is 25.6 Å². The molecule has 0 spiro atoms. The highest BCUT2D eigenvalue weighted by molar-refractivity contribution is 5.92. The maximum absolute atomic E-state index is 13.5. The summed E-state index contributed by atoms with van der Waals surface area (Å²) in [4.78, 5) is 29.8. The van der Waals surface area contributed by atoms with Crippen molar-refractivity contribution in [2.24, 2.45) is 0 Å². The van der Waals surface area contributed by atoms with Gasteiger partial charge in [-0.1, -0.05) is 18.2 Å². The summed E-state index contributed by atoms with van der Waals surface area (Å²) in [5.74, 6) is 1.24. The molecule has 38 heavy (non-hydrogen) atoms. The first-order chi connectivity index (χ1) is 18.6. The number of likely N-dealkylation sites (tertiary alicyclic amines) is 1. The Labute approximate surface area is 222 Å². The van der Waals surface area contributed by atoms with E-state index < -0.39 is 0 Å². The monoisotopic (exact) mass is 521 g/mol.